The van der Waals surface area contributed by atoms with Crippen molar-refractivity contribution in [3.8, 4) is 5.69 Å². The molecule has 0 saturated carbocycles. The van der Waals surface area contributed by atoms with Crippen LogP contribution in [0.2, 0.25) is 0 Å². The number of hydrogen-bond acceptors (Lipinski definition) is 7. The maximum atomic E-state index is 12.2. The Bertz CT molecular complexity index is 1010. The molecule has 1 saturated heterocycles. The van der Waals surface area contributed by atoms with Gasteiger partial charge in [-0.05, 0) is 58.0 Å². The molecule has 3 rings (SSSR count). The number of carbonyl (C=O) groups excluding carboxylic acids is 3. The van der Waals surface area contributed by atoms with Crippen LogP contribution in [0.4, 0.5) is 15.3 Å². The number of benzene rings is 1. The van der Waals surface area contributed by atoms with Gasteiger partial charge in [-0.2, -0.15) is 5.10 Å². The molecule has 190 valence electrons. The predicted octanol–water partition coefficient (Wildman–Crippen LogP) is 2.72. The van der Waals surface area contributed by atoms with Gasteiger partial charge in [0.1, 0.15) is 5.60 Å². The van der Waals surface area contributed by atoms with Gasteiger partial charge in [-0.3, -0.25) is 4.90 Å². The van der Waals surface area contributed by atoms with Crippen molar-refractivity contribution in [3.05, 3.63) is 42.2 Å². The van der Waals surface area contributed by atoms with E-state index in [0.717, 1.165) is 18.8 Å². The summed E-state index contributed by atoms with van der Waals surface area (Å²) >= 11 is 0. The second kappa shape index (κ2) is 11.7. The van der Waals surface area contributed by atoms with E-state index < -0.39 is 11.6 Å². The van der Waals surface area contributed by atoms with E-state index in [4.69, 9.17) is 9.47 Å². The van der Waals surface area contributed by atoms with Gasteiger partial charge in [0.25, 0.3) is 0 Å². The highest BCUT2D eigenvalue weighted by Crippen LogP contribution is 2.14. The topological polar surface area (TPSA) is 118 Å². The zero-order valence-corrected chi connectivity index (χ0v) is 20.7. The highest BCUT2D eigenvalue weighted by Gasteiger charge is 2.25. The Morgan fingerprint density at radius 2 is 1.71 bits per heavy atom. The number of rotatable bonds is 7. The van der Waals surface area contributed by atoms with Crippen molar-refractivity contribution in [2.75, 3.05) is 51.2 Å². The number of urea groups is 1. The first-order valence-electron chi connectivity index (χ1n) is 11.7. The predicted molar refractivity (Wildman–Crippen MR) is 131 cm³/mol. The fourth-order valence-electron chi connectivity index (χ4n) is 3.46. The molecule has 1 aliphatic rings. The van der Waals surface area contributed by atoms with Gasteiger partial charge in [0.05, 0.1) is 12.3 Å². The molecule has 35 heavy (non-hydrogen) atoms. The largest absolute Gasteiger partial charge is 0.461 e. The number of hydrogen-bond donors (Lipinski definition) is 2. The van der Waals surface area contributed by atoms with Crippen molar-refractivity contribution in [3.63, 3.8) is 0 Å². The minimum atomic E-state index is -0.501. The summed E-state index contributed by atoms with van der Waals surface area (Å²) in [6.07, 6.45) is 1.39. The quantitative estimate of drug-likeness (QED) is 0.578. The first kappa shape index (κ1) is 26.0. The third-order valence-corrected chi connectivity index (χ3v) is 5.20. The van der Waals surface area contributed by atoms with Crippen molar-refractivity contribution in [1.82, 2.24) is 24.9 Å². The number of esters is 1. The third-order valence-electron chi connectivity index (χ3n) is 5.20. The molecular weight excluding hydrogens is 452 g/mol. The Morgan fingerprint density at radius 3 is 2.34 bits per heavy atom. The number of nitrogens with zero attached hydrogens (tertiary/aromatic N) is 4. The van der Waals surface area contributed by atoms with Crippen molar-refractivity contribution in [2.45, 2.75) is 33.3 Å². The van der Waals surface area contributed by atoms with Crippen LogP contribution in [-0.4, -0.2) is 89.2 Å². The highest BCUT2D eigenvalue weighted by atomic mass is 16.6. The number of ether oxygens (including phenoxy) is 2. The summed E-state index contributed by atoms with van der Waals surface area (Å²) < 4.78 is 11.9. The Morgan fingerprint density at radius 1 is 1.03 bits per heavy atom. The van der Waals surface area contributed by atoms with Crippen molar-refractivity contribution in [1.29, 1.82) is 0 Å². The molecule has 1 aliphatic heterocycles. The molecule has 1 aromatic heterocycles. The summed E-state index contributed by atoms with van der Waals surface area (Å²) in [7, 11) is 0. The lowest BCUT2D eigenvalue weighted by molar-refractivity contribution is 0.0147. The van der Waals surface area contributed by atoms with Gasteiger partial charge in [0.15, 0.2) is 5.69 Å². The molecule has 1 fully saturated rings. The van der Waals surface area contributed by atoms with Crippen LogP contribution in [0, 0.1) is 0 Å². The molecule has 0 bridgehead atoms. The van der Waals surface area contributed by atoms with Crippen molar-refractivity contribution in [2.24, 2.45) is 0 Å². The molecule has 11 nitrogen and oxygen atoms in total. The smallest absolute Gasteiger partial charge is 0.410 e. The molecular formula is C24H34N6O5. The second-order valence-electron chi connectivity index (χ2n) is 9.10. The lowest BCUT2D eigenvalue weighted by atomic mass is 10.2. The molecule has 0 radical (unpaired) electrons. The highest BCUT2D eigenvalue weighted by molar-refractivity contribution is 5.89. The zero-order valence-electron chi connectivity index (χ0n) is 20.7. The van der Waals surface area contributed by atoms with Crippen LogP contribution in [0.5, 0.6) is 0 Å². The van der Waals surface area contributed by atoms with Crippen LogP contribution >= 0.6 is 0 Å². The van der Waals surface area contributed by atoms with Gasteiger partial charge in [0.2, 0.25) is 0 Å². The molecule has 0 spiro atoms. The summed E-state index contributed by atoms with van der Waals surface area (Å²) in [5.41, 5.74) is 1.12. The summed E-state index contributed by atoms with van der Waals surface area (Å²) in [5.74, 6) is -0.467. The molecule has 3 amide bonds. The average molecular weight is 487 g/mol. The standard InChI is InChI=1S/C24H34N6O5/c1-5-34-21(31)20-10-12-30(27-20)19-8-6-18(7-9-19)26-22(32)25-11-13-28-14-16-29(17-15-28)23(33)35-24(2,3)4/h6-10,12H,5,11,13-17H2,1-4H3,(H2,25,26,32). The Hall–Kier alpha value is -3.60. The Kier molecular flexibility index (Phi) is 8.69. The van der Waals surface area contributed by atoms with Crippen LogP contribution in [0.15, 0.2) is 36.5 Å². The second-order valence-corrected chi connectivity index (χ2v) is 9.10. The fourth-order valence-corrected chi connectivity index (χ4v) is 3.46. The van der Waals surface area contributed by atoms with Crippen LogP contribution in [0.1, 0.15) is 38.2 Å². The lowest BCUT2D eigenvalue weighted by Gasteiger charge is -2.35. The Balaban J connectivity index is 1.38. The number of amides is 3. The van der Waals surface area contributed by atoms with Gasteiger partial charge < -0.3 is 25.0 Å². The maximum Gasteiger partial charge on any atom is 0.410 e. The number of aromatic nitrogens is 2. The van der Waals surface area contributed by atoms with E-state index >= 15 is 0 Å². The SMILES string of the molecule is CCOC(=O)c1ccn(-c2ccc(NC(=O)NCCN3CCN(C(=O)OC(C)(C)C)CC3)cc2)n1. The summed E-state index contributed by atoms with van der Waals surface area (Å²) in [4.78, 5) is 40.1. The molecule has 0 atom stereocenters. The first-order valence-corrected chi connectivity index (χ1v) is 11.7. The van der Waals surface area contributed by atoms with Gasteiger partial charge in [-0.25, -0.2) is 19.1 Å². The minimum Gasteiger partial charge on any atom is -0.461 e. The summed E-state index contributed by atoms with van der Waals surface area (Å²) in [5, 5.41) is 9.87. The van der Waals surface area contributed by atoms with E-state index in [1.54, 1.807) is 53.0 Å². The maximum absolute atomic E-state index is 12.2. The molecule has 11 heteroatoms. The number of nitrogens with one attached hydrogen (secondary N) is 2. The molecule has 2 aromatic rings. The van der Waals surface area contributed by atoms with Crippen LogP contribution < -0.4 is 10.6 Å². The molecule has 2 heterocycles. The van der Waals surface area contributed by atoms with E-state index in [0.29, 0.717) is 38.5 Å². The zero-order chi connectivity index (χ0) is 25.4. The lowest BCUT2D eigenvalue weighted by Crippen LogP contribution is -2.51. The Labute approximate surface area is 205 Å². The van der Waals surface area contributed by atoms with E-state index in [-0.39, 0.29) is 17.8 Å². The van der Waals surface area contributed by atoms with Crippen LogP contribution in [-0.2, 0) is 9.47 Å². The average Bonchev–Trinajstić information content (AvgIpc) is 3.29. The van der Waals surface area contributed by atoms with E-state index in [2.05, 4.69) is 20.6 Å². The van der Waals surface area contributed by atoms with Crippen LogP contribution in [0.25, 0.3) is 5.69 Å². The number of anilines is 1. The third kappa shape index (κ3) is 7.99. The van der Waals surface area contributed by atoms with Gasteiger partial charge >= 0.3 is 18.1 Å². The number of piperazine rings is 1. The normalized spacial score (nSPS) is 14.3. The molecule has 0 unspecified atom stereocenters. The monoisotopic (exact) mass is 486 g/mol. The van der Waals surface area contributed by atoms with E-state index in [9.17, 15) is 14.4 Å². The van der Waals surface area contributed by atoms with E-state index in [1.165, 1.54) is 0 Å². The first-order chi connectivity index (χ1) is 16.6. The van der Waals surface area contributed by atoms with Gasteiger partial charge in [0, 0.05) is 51.2 Å². The molecule has 2 N–H and O–H groups in total. The summed E-state index contributed by atoms with van der Waals surface area (Å²) in [6, 6.07) is 8.40. The van der Waals surface area contributed by atoms with E-state index in [1.807, 2.05) is 20.8 Å². The molecule has 1 aromatic carbocycles. The fraction of sp³-hybridized carbons (Fsp3) is 0.500. The van der Waals surface area contributed by atoms with Crippen molar-refractivity contribution < 1.29 is 23.9 Å². The number of carbonyl (C=O) groups is 3. The summed E-state index contributed by atoms with van der Waals surface area (Å²) in [6.45, 7) is 11.4. The minimum absolute atomic E-state index is 0.236. The van der Waals surface area contributed by atoms with Gasteiger partial charge in [-0.1, -0.05) is 0 Å². The van der Waals surface area contributed by atoms with Crippen LogP contribution in [0.3, 0.4) is 0 Å². The van der Waals surface area contributed by atoms with Gasteiger partial charge in [-0.15, -0.1) is 0 Å². The van der Waals surface area contributed by atoms with Crippen molar-refractivity contribution >= 4 is 23.8 Å². The molecule has 0 aliphatic carbocycles.